The molecule has 2 amide bonds. The normalized spacial score (nSPS) is 11.6. The van der Waals surface area contributed by atoms with Gasteiger partial charge < -0.3 is 15.7 Å². The van der Waals surface area contributed by atoms with E-state index in [1.165, 1.54) is 12.1 Å². The molecular weight excluding hydrogens is 339 g/mol. The molecule has 0 bridgehead atoms. The predicted octanol–water partition coefficient (Wildman–Crippen LogP) is 3.81. The van der Waals surface area contributed by atoms with E-state index in [4.69, 9.17) is 23.2 Å². The molecule has 0 heterocycles. The Bertz CT molecular complexity index is 708. The summed E-state index contributed by atoms with van der Waals surface area (Å²) in [5.41, 5.74) is 1.23. The third kappa shape index (κ3) is 5.16. The summed E-state index contributed by atoms with van der Waals surface area (Å²) in [6, 6.07) is 12.0. The molecule has 0 fully saturated rings. The molecule has 0 aliphatic carbocycles. The van der Waals surface area contributed by atoms with Gasteiger partial charge in [-0.2, -0.15) is 0 Å². The van der Waals surface area contributed by atoms with Crippen molar-refractivity contribution in [3.63, 3.8) is 0 Å². The molecule has 23 heavy (non-hydrogen) atoms. The van der Waals surface area contributed by atoms with Crippen LogP contribution < -0.4 is 10.6 Å². The van der Waals surface area contributed by atoms with Crippen molar-refractivity contribution >= 4 is 40.9 Å². The van der Waals surface area contributed by atoms with Crippen molar-refractivity contribution in [3.8, 4) is 0 Å². The molecule has 0 aromatic heterocycles. The van der Waals surface area contributed by atoms with E-state index in [1.807, 2.05) is 18.2 Å². The number of halogens is 2. The summed E-state index contributed by atoms with van der Waals surface area (Å²) >= 11 is 11.7. The lowest BCUT2D eigenvalue weighted by molar-refractivity contribution is -0.139. The van der Waals surface area contributed by atoms with Gasteiger partial charge in [-0.05, 0) is 23.8 Å². The van der Waals surface area contributed by atoms with E-state index >= 15 is 0 Å². The molecule has 5 nitrogen and oxygen atoms in total. The second-order valence-corrected chi connectivity index (χ2v) is 5.62. The Morgan fingerprint density at radius 2 is 1.74 bits per heavy atom. The lowest BCUT2D eigenvalue weighted by atomic mass is 10.1. The molecule has 7 heteroatoms. The van der Waals surface area contributed by atoms with Gasteiger partial charge in [0, 0.05) is 12.1 Å². The Labute approximate surface area is 143 Å². The average Bonchev–Trinajstić information content (AvgIpc) is 2.51. The number of nitrogens with one attached hydrogen (secondary N) is 2. The van der Waals surface area contributed by atoms with Crippen LogP contribution in [-0.4, -0.2) is 23.1 Å². The topological polar surface area (TPSA) is 78.4 Å². The van der Waals surface area contributed by atoms with Crippen molar-refractivity contribution in [2.75, 3.05) is 5.32 Å². The monoisotopic (exact) mass is 352 g/mol. The summed E-state index contributed by atoms with van der Waals surface area (Å²) in [5.74, 6) is -1.11. The molecule has 0 radical (unpaired) electrons. The maximum Gasteiger partial charge on any atom is 0.326 e. The van der Waals surface area contributed by atoms with Crippen molar-refractivity contribution in [2.45, 2.75) is 12.5 Å². The lowest BCUT2D eigenvalue weighted by Crippen LogP contribution is -2.44. The van der Waals surface area contributed by atoms with Gasteiger partial charge in [-0.1, -0.05) is 53.5 Å². The van der Waals surface area contributed by atoms with Crippen LogP contribution in [0.4, 0.5) is 10.5 Å². The number of anilines is 1. The summed E-state index contributed by atoms with van der Waals surface area (Å²) in [7, 11) is 0. The van der Waals surface area contributed by atoms with Crippen LogP contribution >= 0.6 is 23.2 Å². The maximum atomic E-state index is 12.0. The number of carbonyl (C=O) groups excluding carboxylic acids is 1. The number of carboxylic acids is 1. The van der Waals surface area contributed by atoms with Gasteiger partial charge >= 0.3 is 12.0 Å². The van der Waals surface area contributed by atoms with Gasteiger partial charge in [-0.15, -0.1) is 0 Å². The highest BCUT2D eigenvalue weighted by molar-refractivity contribution is 6.42. The van der Waals surface area contributed by atoms with Crippen molar-refractivity contribution in [3.05, 3.63) is 64.1 Å². The van der Waals surface area contributed by atoms with Gasteiger partial charge in [0.05, 0.1) is 10.0 Å². The minimum absolute atomic E-state index is 0.185. The molecule has 0 saturated carbocycles. The standard InChI is InChI=1S/C16H14Cl2N2O3/c17-12-7-6-11(9-13(12)18)19-16(23)20-14(15(21)22)8-10-4-2-1-3-5-10/h1-7,9,14H,8H2,(H,21,22)(H2,19,20,23)/t14-/m1/s1. The van der Waals surface area contributed by atoms with Gasteiger partial charge in [0.2, 0.25) is 0 Å². The molecule has 0 saturated heterocycles. The number of benzene rings is 2. The molecule has 2 rings (SSSR count). The van der Waals surface area contributed by atoms with Crippen LogP contribution in [0.2, 0.25) is 10.0 Å². The Balaban J connectivity index is 2.00. The number of carboxylic acid groups (broad SMARTS) is 1. The summed E-state index contributed by atoms with van der Waals surface area (Å²) in [6.45, 7) is 0. The number of aliphatic carboxylic acids is 1. The van der Waals surface area contributed by atoms with E-state index < -0.39 is 18.0 Å². The highest BCUT2D eigenvalue weighted by Crippen LogP contribution is 2.24. The second kappa shape index (κ2) is 7.85. The molecule has 2 aromatic rings. The van der Waals surface area contributed by atoms with Crippen LogP contribution in [0, 0.1) is 0 Å². The summed E-state index contributed by atoms with van der Waals surface area (Å²) in [6.07, 6.45) is 0.185. The smallest absolute Gasteiger partial charge is 0.326 e. The highest BCUT2D eigenvalue weighted by atomic mass is 35.5. The quantitative estimate of drug-likeness (QED) is 0.765. The number of amides is 2. The summed E-state index contributed by atoms with van der Waals surface area (Å²) in [5, 5.41) is 14.9. The first kappa shape index (κ1) is 17.1. The van der Waals surface area contributed by atoms with E-state index in [1.54, 1.807) is 18.2 Å². The fraction of sp³-hybridized carbons (Fsp3) is 0.125. The first-order chi connectivity index (χ1) is 11.0. The molecule has 2 aromatic carbocycles. The summed E-state index contributed by atoms with van der Waals surface area (Å²) in [4.78, 5) is 23.3. The van der Waals surface area contributed by atoms with E-state index in [9.17, 15) is 14.7 Å². The Hall–Kier alpha value is -2.24. The van der Waals surface area contributed by atoms with Crippen molar-refractivity contribution in [1.82, 2.24) is 5.32 Å². The third-order valence-corrected chi connectivity index (χ3v) is 3.80. The van der Waals surface area contributed by atoms with Crippen LogP contribution in [0.5, 0.6) is 0 Å². The zero-order valence-corrected chi connectivity index (χ0v) is 13.4. The SMILES string of the molecule is O=C(Nc1ccc(Cl)c(Cl)c1)N[C@H](Cc1ccccc1)C(=O)O. The fourth-order valence-electron chi connectivity index (χ4n) is 1.95. The maximum absolute atomic E-state index is 12.0. The molecule has 120 valence electrons. The van der Waals surface area contributed by atoms with Crippen molar-refractivity contribution in [1.29, 1.82) is 0 Å². The zero-order valence-electron chi connectivity index (χ0n) is 11.9. The zero-order chi connectivity index (χ0) is 16.8. The number of urea groups is 1. The van der Waals surface area contributed by atoms with Gasteiger partial charge in [-0.25, -0.2) is 9.59 Å². The van der Waals surface area contributed by atoms with Crippen molar-refractivity contribution in [2.24, 2.45) is 0 Å². The fourth-order valence-corrected chi connectivity index (χ4v) is 2.25. The summed E-state index contributed by atoms with van der Waals surface area (Å²) < 4.78 is 0. The first-order valence-corrected chi connectivity index (χ1v) is 7.50. The van der Waals surface area contributed by atoms with Crippen LogP contribution in [0.15, 0.2) is 48.5 Å². The van der Waals surface area contributed by atoms with Crippen molar-refractivity contribution < 1.29 is 14.7 Å². The Morgan fingerprint density at radius 3 is 2.35 bits per heavy atom. The van der Waals surface area contributed by atoms with E-state index in [2.05, 4.69) is 10.6 Å². The van der Waals surface area contributed by atoms with Gasteiger partial charge in [0.1, 0.15) is 6.04 Å². The number of hydrogen-bond acceptors (Lipinski definition) is 2. The molecular formula is C16H14Cl2N2O3. The third-order valence-electron chi connectivity index (χ3n) is 3.06. The Morgan fingerprint density at radius 1 is 1.04 bits per heavy atom. The highest BCUT2D eigenvalue weighted by Gasteiger charge is 2.20. The van der Waals surface area contributed by atoms with Gasteiger partial charge in [0.15, 0.2) is 0 Å². The number of carbonyl (C=O) groups is 2. The van der Waals surface area contributed by atoms with Crippen LogP contribution in [0.25, 0.3) is 0 Å². The average molecular weight is 353 g/mol. The van der Waals surface area contributed by atoms with Gasteiger partial charge in [0.25, 0.3) is 0 Å². The van der Waals surface area contributed by atoms with Gasteiger partial charge in [-0.3, -0.25) is 0 Å². The van der Waals surface area contributed by atoms with Crippen LogP contribution in [0.3, 0.4) is 0 Å². The van der Waals surface area contributed by atoms with E-state index in [0.29, 0.717) is 15.7 Å². The molecule has 0 spiro atoms. The Kier molecular flexibility index (Phi) is 5.84. The van der Waals surface area contributed by atoms with Crippen LogP contribution in [-0.2, 0) is 11.2 Å². The molecule has 0 aliphatic rings. The number of rotatable bonds is 5. The molecule has 0 unspecified atom stereocenters. The van der Waals surface area contributed by atoms with E-state index in [-0.39, 0.29) is 6.42 Å². The van der Waals surface area contributed by atoms with Crippen LogP contribution in [0.1, 0.15) is 5.56 Å². The van der Waals surface area contributed by atoms with E-state index in [0.717, 1.165) is 5.56 Å². The minimum atomic E-state index is -1.11. The lowest BCUT2D eigenvalue weighted by Gasteiger charge is -2.15. The second-order valence-electron chi connectivity index (χ2n) is 4.81. The number of hydrogen-bond donors (Lipinski definition) is 3. The first-order valence-electron chi connectivity index (χ1n) is 6.75. The molecule has 1 atom stereocenters. The molecule has 3 N–H and O–H groups in total. The minimum Gasteiger partial charge on any atom is -0.480 e. The largest absolute Gasteiger partial charge is 0.480 e. The predicted molar refractivity (Wildman–Crippen MR) is 90.2 cm³/mol. The molecule has 0 aliphatic heterocycles.